The van der Waals surface area contributed by atoms with E-state index >= 15 is 0 Å². The Morgan fingerprint density at radius 3 is 2.47 bits per heavy atom. The van der Waals surface area contributed by atoms with Crippen LogP contribution in [0, 0.1) is 6.92 Å². The molecule has 34 heavy (non-hydrogen) atoms. The van der Waals surface area contributed by atoms with Gasteiger partial charge in [0.15, 0.2) is 0 Å². The van der Waals surface area contributed by atoms with Gasteiger partial charge < -0.3 is 5.32 Å². The molecule has 174 valence electrons. The zero-order chi connectivity index (χ0) is 23.7. The number of aryl methyl sites for hydroxylation is 4. The van der Waals surface area contributed by atoms with Gasteiger partial charge in [0.2, 0.25) is 5.91 Å². The van der Waals surface area contributed by atoms with E-state index in [2.05, 4.69) is 5.32 Å². The summed E-state index contributed by atoms with van der Waals surface area (Å²) in [6.07, 6.45) is 4.46. The van der Waals surface area contributed by atoms with Crippen molar-refractivity contribution in [2.24, 2.45) is 0 Å². The molecule has 0 aliphatic heterocycles. The van der Waals surface area contributed by atoms with Gasteiger partial charge in [0, 0.05) is 17.1 Å². The summed E-state index contributed by atoms with van der Waals surface area (Å²) in [5.74, 6) is -0.285. The average molecular weight is 474 g/mol. The summed E-state index contributed by atoms with van der Waals surface area (Å²) in [6.45, 7) is 2.13. The fraction of sp³-hybridized carbons (Fsp3) is 0.296. The Balaban J connectivity index is 1.55. The van der Waals surface area contributed by atoms with Crippen LogP contribution in [0.5, 0.6) is 0 Å². The van der Waals surface area contributed by atoms with Crippen molar-refractivity contribution in [1.82, 2.24) is 9.13 Å². The first-order valence-electron chi connectivity index (χ1n) is 11.7. The van der Waals surface area contributed by atoms with E-state index in [-0.39, 0.29) is 24.6 Å². The molecule has 2 aromatic heterocycles. The molecule has 0 spiro atoms. The largest absolute Gasteiger partial charge is 0.332 e. The Hall–Kier alpha value is -3.45. The lowest BCUT2D eigenvalue weighted by molar-refractivity contribution is -0.116. The number of benzene rings is 2. The third kappa shape index (κ3) is 4.35. The minimum absolute atomic E-state index is 0.131. The molecule has 5 rings (SSSR count). The summed E-state index contributed by atoms with van der Waals surface area (Å²) >= 11 is 1.50. The number of carbonyl (C=O) groups excluding carboxylic acids is 1. The fourth-order valence-electron chi connectivity index (χ4n) is 4.62. The second kappa shape index (κ2) is 9.43. The van der Waals surface area contributed by atoms with Crippen molar-refractivity contribution in [3.63, 3.8) is 0 Å². The van der Waals surface area contributed by atoms with Crippen LogP contribution in [0.2, 0.25) is 0 Å². The van der Waals surface area contributed by atoms with E-state index in [0.717, 1.165) is 42.4 Å². The highest BCUT2D eigenvalue weighted by Crippen LogP contribution is 2.34. The number of nitrogens with one attached hydrogen (secondary N) is 1. The number of amides is 1. The van der Waals surface area contributed by atoms with Gasteiger partial charge in [-0.2, -0.15) is 0 Å². The Morgan fingerprint density at radius 2 is 1.71 bits per heavy atom. The maximum absolute atomic E-state index is 13.5. The SMILES string of the molecule is Cc1ccc(NC(=O)Cn2c(=O)n(CCc3ccccc3)c(=O)c3c4c(sc32)CCCC4)cc1. The first-order chi connectivity index (χ1) is 16.5. The van der Waals surface area contributed by atoms with E-state index in [1.165, 1.54) is 25.3 Å². The molecule has 0 radical (unpaired) electrons. The van der Waals surface area contributed by atoms with Crippen molar-refractivity contribution < 1.29 is 4.79 Å². The molecule has 0 atom stereocenters. The molecule has 1 aliphatic rings. The lowest BCUT2D eigenvalue weighted by Crippen LogP contribution is -2.42. The minimum Gasteiger partial charge on any atom is -0.325 e. The molecule has 0 saturated carbocycles. The van der Waals surface area contributed by atoms with Crippen LogP contribution in [0.4, 0.5) is 5.69 Å². The van der Waals surface area contributed by atoms with Crippen molar-refractivity contribution in [3.05, 3.63) is 97.0 Å². The van der Waals surface area contributed by atoms with E-state index in [9.17, 15) is 14.4 Å². The molecule has 2 aromatic carbocycles. The number of hydrogen-bond acceptors (Lipinski definition) is 4. The third-order valence-corrected chi connectivity index (χ3v) is 7.74. The molecule has 1 amide bonds. The predicted octanol–water partition coefficient (Wildman–Crippen LogP) is 4.29. The summed E-state index contributed by atoms with van der Waals surface area (Å²) < 4.78 is 2.81. The average Bonchev–Trinajstić information content (AvgIpc) is 3.23. The quantitative estimate of drug-likeness (QED) is 0.454. The Kier molecular flexibility index (Phi) is 6.20. The second-order valence-corrected chi connectivity index (χ2v) is 9.95. The van der Waals surface area contributed by atoms with E-state index in [0.29, 0.717) is 22.3 Å². The van der Waals surface area contributed by atoms with Crippen LogP contribution in [0.15, 0.2) is 64.2 Å². The number of thiophene rings is 1. The fourth-order valence-corrected chi connectivity index (χ4v) is 5.99. The summed E-state index contributed by atoms with van der Waals surface area (Å²) in [5.41, 5.74) is 3.26. The number of rotatable bonds is 6. The van der Waals surface area contributed by atoms with Crippen LogP contribution in [0.25, 0.3) is 10.2 Å². The van der Waals surface area contributed by atoms with Gasteiger partial charge >= 0.3 is 5.69 Å². The predicted molar refractivity (Wildman–Crippen MR) is 137 cm³/mol. The molecule has 4 aromatic rings. The van der Waals surface area contributed by atoms with Gasteiger partial charge in [-0.05, 0) is 62.3 Å². The summed E-state index contributed by atoms with van der Waals surface area (Å²) in [4.78, 5) is 41.8. The van der Waals surface area contributed by atoms with Crippen molar-refractivity contribution in [2.45, 2.75) is 52.1 Å². The molecule has 0 fully saturated rings. The molecule has 1 aliphatic carbocycles. The smallest absolute Gasteiger partial charge is 0.325 e. The van der Waals surface area contributed by atoms with Crippen LogP contribution >= 0.6 is 11.3 Å². The zero-order valence-corrected chi connectivity index (χ0v) is 20.0. The van der Waals surface area contributed by atoms with Gasteiger partial charge in [-0.25, -0.2) is 4.79 Å². The van der Waals surface area contributed by atoms with Gasteiger partial charge in [0.1, 0.15) is 11.4 Å². The van der Waals surface area contributed by atoms with E-state index < -0.39 is 5.69 Å². The normalized spacial score (nSPS) is 13.1. The Labute approximate surface area is 201 Å². The summed E-state index contributed by atoms with van der Waals surface area (Å²) in [6, 6.07) is 17.4. The van der Waals surface area contributed by atoms with Crippen LogP contribution in [-0.4, -0.2) is 15.0 Å². The third-order valence-electron chi connectivity index (χ3n) is 6.42. The van der Waals surface area contributed by atoms with Crippen molar-refractivity contribution in [2.75, 3.05) is 5.32 Å². The monoisotopic (exact) mass is 473 g/mol. The van der Waals surface area contributed by atoms with Gasteiger partial charge in [-0.3, -0.25) is 18.7 Å². The number of hydrogen-bond donors (Lipinski definition) is 1. The first kappa shape index (κ1) is 22.3. The number of carbonyl (C=O) groups is 1. The van der Waals surface area contributed by atoms with Crippen LogP contribution in [0.3, 0.4) is 0 Å². The van der Waals surface area contributed by atoms with Gasteiger partial charge in [-0.15, -0.1) is 11.3 Å². The number of anilines is 1. The summed E-state index contributed by atoms with van der Waals surface area (Å²) in [5, 5.41) is 3.50. The molecule has 0 saturated heterocycles. The molecule has 7 heteroatoms. The topological polar surface area (TPSA) is 73.1 Å². The maximum atomic E-state index is 13.5. The van der Waals surface area contributed by atoms with E-state index in [1.807, 2.05) is 61.5 Å². The van der Waals surface area contributed by atoms with E-state index in [1.54, 1.807) is 0 Å². The van der Waals surface area contributed by atoms with Gasteiger partial charge in [0.05, 0.1) is 5.39 Å². The second-order valence-electron chi connectivity index (χ2n) is 8.87. The minimum atomic E-state index is -0.425. The lowest BCUT2D eigenvalue weighted by atomic mass is 9.97. The standard InChI is InChI=1S/C27H27N3O3S/c1-18-11-13-20(14-12-18)28-23(31)17-30-26-24(21-9-5-6-10-22(21)34-26)25(32)29(27(30)33)16-15-19-7-3-2-4-8-19/h2-4,7-8,11-14H,5-6,9-10,15-17H2,1H3,(H,28,31). The highest BCUT2D eigenvalue weighted by Gasteiger charge is 2.24. The number of aromatic nitrogens is 2. The highest BCUT2D eigenvalue weighted by molar-refractivity contribution is 7.18. The molecule has 1 N–H and O–H groups in total. The number of fused-ring (bicyclic) bond motifs is 3. The van der Waals surface area contributed by atoms with Crippen LogP contribution in [0.1, 0.15) is 34.4 Å². The van der Waals surface area contributed by atoms with Crippen LogP contribution < -0.4 is 16.6 Å². The molecule has 2 heterocycles. The van der Waals surface area contributed by atoms with E-state index in [4.69, 9.17) is 0 Å². The Bertz CT molecular complexity index is 1460. The van der Waals surface area contributed by atoms with Gasteiger partial charge in [-0.1, -0.05) is 48.0 Å². The van der Waals surface area contributed by atoms with Crippen molar-refractivity contribution >= 4 is 33.1 Å². The highest BCUT2D eigenvalue weighted by atomic mass is 32.1. The Morgan fingerprint density at radius 1 is 0.971 bits per heavy atom. The molecule has 0 bridgehead atoms. The molecular weight excluding hydrogens is 446 g/mol. The molecule has 6 nitrogen and oxygen atoms in total. The summed E-state index contributed by atoms with van der Waals surface area (Å²) in [7, 11) is 0. The van der Waals surface area contributed by atoms with Crippen molar-refractivity contribution in [1.29, 1.82) is 0 Å². The maximum Gasteiger partial charge on any atom is 0.332 e. The van der Waals surface area contributed by atoms with Crippen LogP contribution in [-0.2, 0) is 37.1 Å². The van der Waals surface area contributed by atoms with Crippen molar-refractivity contribution in [3.8, 4) is 0 Å². The number of nitrogens with zero attached hydrogens (tertiary/aromatic N) is 2. The first-order valence-corrected chi connectivity index (χ1v) is 12.5. The lowest BCUT2D eigenvalue weighted by Gasteiger charge is -2.14. The van der Waals surface area contributed by atoms with Gasteiger partial charge in [0.25, 0.3) is 5.56 Å². The molecule has 0 unspecified atom stereocenters. The zero-order valence-electron chi connectivity index (χ0n) is 19.2. The molecular formula is C27H27N3O3S.